The van der Waals surface area contributed by atoms with Crippen LogP contribution in [0.25, 0.3) is 0 Å². The number of halogens is 1. The molecule has 2 rings (SSSR count). The summed E-state index contributed by atoms with van der Waals surface area (Å²) in [6.07, 6.45) is 0. The third kappa shape index (κ3) is 3.76. The van der Waals surface area contributed by atoms with Gasteiger partial charge in [0.25, 0.3) is 5.91 Å². The lowest BCUT2D eigenvalue weighted by Gasteiger charge is -2.11. The Hall–Kier alpha value is -2.09. The van der Waals surface area contributed by atoms with Gasteiger partial charge in [-0.15, -0.1) is 0 Å². The van der Waals surface area contributed by atoms with E-state index in [4.69, 9.17) is 4.74 Å². The zero-order chi connectivity index (χ0) is 16.1. The van der Waals surface area contributed by atoms with Crippen LogP contribution in [0.15, 0.2) is 42.5 Å². The van der Waals surface area contributed by atoms with Crippen LogP contribution in [0.2, 0.25) is 0 Å². The zero-order valence-corrected chi connectivity index (χ0v) is 14.0. The van der Waals surface area contributed by atoms with Gasteiger partial charge in [0.1, 0.15) is 5.75 Å². The van der Waals surface area contributed by atoms with Crippen LogP contribution in [0.1, 0.15) is 27.6 Å². The highest BCUT2D eigenvalue weighted by Crippen LogP contribution is 2.24. The molecule has 0 radical (unpaired) electrons. The molecule has 0 bridgehead atoms. The van der Waals surface area contributed by atoms with Gasteiger partial charge in [0, 0.05) is 9.13 Å². The van der Waals surface area contributed by atoms with Gasteiger partial charge >= 0.3 is 5.97 Å². The summed E-state index contributed by atoms with van der Waals surface area (Å²) in [7, 11) is 0. The summed E-state index contributed by atoms with van der Waals surface area (Å²) < 4.78 is 5.98. The number of benzene rings is 2. The van der Waals surface area contributed by atoms with Crippen molar-refractivity contribution >= 4 is 40.2 Å². The Balaban J connectivity index is 2.24. The maximum atomic E-state index is 12.3. The van der Waals surface area contributed by atoms with Crippen LogP contribution in [0.5, 0.6) is 5.75 Å². The molecule has 2 N–H and O–H groups in total. The molecule has 0 heterocycles. The topological polar surface area (TPSA) is 75.6 Å². The Labute approximate surface area is 141 Å². The fourth-order valence-corrected chi connectivity index (χ4v) is 2.52. The molecule has 0 aromatic heterocycles. The fourth-order valence-electron chi connectivity index (χ4n) is 1.88. The smallest absolute Gasteiger partial charge is 0.337 e. The third-order valence-electron chi connectivity index (χ3n) is 2.91. The first kappa shape index (κ1) is 16.3. The number of aromatic carboxylic acids is 1. The molecular weight excluding hydrogens is 397 g/mol. The number of para-hydroxylation sites is 1. The number of hydrogen-bond donors (Lipinski definition) is 2. The van der Waals surface area contributed by atoms with Gasteiger partial charge in [0.15, 0.2) is 0 Å². The van der Waals surface area contributed by atoms with Crippen molar-refractivity contribution in [3.63, 3.8) is 0 Å². The van der Waals surface area contributed by atoms with E-state index in [0.29, 0.717) is 27.2 Å². The van der Waals surface area contributed by atoms with E-state index in [-0.39, 0.29) is 11.5 Å². The second-order valence-corrected chi connectivity index (χ2v) is 5.54. The maximum absolute atomic E-state index is 12.3. The minimum atomic E-state index is -1.08. The van der Waals surface area contributed by atoms with E-state index in [0.717, 1.165) is 0 Å². The Kier molecular flexibility index (Phi) is 5.37. The van der Waals surface area contributed by atoms with Crippen LogP contribution < -0.4 is 10.1 Å². The van der Waals surface area contributed by atoms with E-state index in [1.165, 1.54) is 6.07 Å². The average Bonchev–Trinajstić information content (AvgIpc) is 2.50. The molecule has 0 aliphatic rings. The number of carbonyl (C=O) groups excluding carboxylic acids is 1. The first-order chi connectivity index (χ1) is 10.5. The average molecular weight is 411 g/mol. The van der Waals surface area contributed by atoms with Crippen molar-refractivity contribution in [3.05, 3.63) is 57.2 Å². The maximum Gasteiger partial charge on any atom is 0.337 e. The standard InChI is InChI=1S/C16H14INO4/c1-2-22-11-8-6-10(7-9-11)15(19)18-14-12(16(20)21)4-3-5-13(14)17/h3-9H,2H2,1H3,(H,18,19)(H,20,21). The van der Waals surface area contributed by atoms with Crippen molar-refractivity contribution in [1.82, 2.24) is 0 Å². The summed E-state index contributed by atoms with van der Waals surface area (Å²) in [5.74, 6) is -0.769. The highest BCUT2D eigenvalue weighted by Gasteiger charge is 2.16. The molecular formula is C16H14INO4. The molecule has 2 aromatic rings. The van der Waals surface area contributed by atoms with Gasteiger partial charge in [-0.1, -0.05) is 6.07 Å². The minimum Gasteiger partial charge on any atom is -0.494 e. The van der Waals surface area contributed by atoms with Crippen molar-refractivity contribution < 1.29 is 19.4 Å². The predicted octanol–water partition coefficient (Wildman–Crippen LogP) is 3.64. The number of carbonyl (C=O) groups is 2. The molecule has 0 unspecified atom stereocenters. The number of carboxylic acids is 1. The van der Waals surface area contributed by atoms with E-state index in [9.17, 15) is 14.7 Å². The molecule has 2 aromatic carbocycles. The highest BCUT2D eigenvalue weighted by molar-refractivity contribution is 14.1. The summed E-state index contributed by atoms with van der Waals surface area (Å²) in [5, 5.41) is 11.9. The van der Waals surface area contributed by atoms with Gasteiger partial charge in [0.05, 0.1) is 17.9 Å². The number of hydrogen-bond acceptors (Lipinski definition) is 3. The van der Waals surface area contributed by atoms with Gasteiger partial charge in [-0.25, -0.2) is 4.79 Å². The lowest BCUT2D eigenvalue weighted by Crippen LogP contribution is -2.16. The molecule has 0 spiro atoms. The van der Waals surface area contributed by atoms with E-state index in [1.807, 2.05) is 29.5 Å². The quantitative estimate of drug-likeness (QED) is 0.737. The van der Waals surface area contributed by atoms with Gasteiger partial charge in [0.2, 0.25) is 0 Å². The van der Waals surface area contributed by atoms with Crippen LogP contribution in [0.3, 0.4) is 0 Å². The number of ether oxygens (including phenoxy) is 1. The first-order valence-corrected chi connectivity index (χ1v) is 7.66. The first-order valence-electron chi connectivity index (χ1n) is 6.59. The molecule has 0 aliphatic heterocycles. The molecule has 6 heteroatoms. The van der Waals surface area contributed by atoms with Gasteiger partial charge < -0.3 is 15.2 Å². The summed E-state index contributed by atoms with van der Waals surface area (Å²) in [5.41, 5.74) is 0.792. The van der Waals surface area contributed by atoms with Crippen molar-refractivity contribution in [2.24, 2.45) is 0 Å². The number of anilines is 1. The molecule has 0 atom stereocenters. The molecule has 5 nitrogen and oxygen atoms in total. The van der Waals surface area contributed by atoms with Crippen LogP contribution >= 0.6 is 22.6 Å². The van der Waals surface area contributed by atoms with E-state index in [1.54, 1.807) is 36.4 Å². The minimum absolute atomic E-state index is 0.0613. The van der Waals surface area contributed by atoms with Crippen LogP contribution in [-0.2, 0) is 0 Å². The summed E-state index contributed by atoms with van der Waals surface area (Å²) >= 11 is 1.99. The normalized spacial score (nSPS) is 10.1. The molecule has 0 aliphatic carbocycles. The largest absolute Gasteiger partial charge is 0.494 e. The van der Waals surface area contributed by atoms with E-state index < -0.39 is 5.97 Å². The van der Waals surface area contributed by atoms with Gasteiger partial charge in [-0.2, -0.15) is 0 Å². The predicted molar refractivity (Wildman–Crippen MR) is 91.7 cm³/mol. The molecule has 22 heavy (non-hydrogen) atoms. The molecule has 114 valence electrons. The summed E-state index contributed by atoms with van der Waals surface area (Å²) in [4.78, 5) is 23.5. The highest BCUT2D eigenvalue weighted by atomic mass is 127. The van der Waals surface area contributed by atoms with Crippen molar-refractivity contribution in [2.75, 3.05) is 11.9 Å². The molecule has 1 amide bonds. The van der Waals surface area contributed by atoms with Gasteiger partial charge in [-0.05, 0) is 65.9 Å². The zero-order valence-electron chi connectivity index (χ0n) is 11.8. The van der Waals surface area contributed by atoms with Crippen LogP contribution in [-0.4, -0.2) is 23.6 Å². The summed E-state index contributed by atoms with van der Waals surface area (Å²) in [6.45, 7) is 2.43. The van der Waals surface area contributed by atoms with Crippen LogP contribution in [0, 0.1) is 3.57 Å². The number of rotatable bonds is 5. The van der Waals surface area contributed by atoms with E-state index >= 15 is 0 Å². The second-order valence-electron chi connectivity index (χ2n) is 4.38. The Morgan fingerprint density at radius 2 is 1.86 bits per heavy atom. The third-order valence-corrected chi connectivity index (χ3v) is 3.81. The number of amides is 1. The Morgan fingerprint density at radius 1 is 1.18 bits per heavy atom. The Bertz CT molecular complexity index is 698. The molecule has 0 fully saturated rings. The fraction of sp³-hybridized carbons (Fsp3) is 0.125. The van der Waals surface area contributed by atoms with Gasteiger partial charge in [-0.3, -0.25) is 4.79 Å². The second kappa shape index (κ2) is 7.26. The molecule has 0 saturated carbocycles. The SMILES string of the molecule is CCOc1ccc(C(=O)Nc2c(I)cccc2C(=O)O)cc1. The molecule has 0 saturated heterocycles. The number of nitrogens with one attached hydrogen (secondary N) is 1. The number of carboxylic acid groups (broad SMARTS) is 1. The van der Waals surface area contributed by atoms with Crippen molar-refractivity contribution in [3.8, 4) is 5.75 Å². The summed E-state index contributed by atoms with van der Waals surface area (Å²) in [6, 6.07) is 11.5. The monoisotopic (exact) mass is 411 g/mol. The lowest BCUT2D eigenvalue weighted by atomic mass is 10.1. The van der Waals surface area contributed by atoms with E-state index in [2.05, 4.69) is 5.32 Å². The van der Waals surface area contributed by atoms with Crippen molar-refractivity contribution in [1.29, 1.82) is 0 Å². The lowest BCUT2D eigenvalue weighted by molar-refractivity contribution is 0.0698. The Morgan fingerprint density at radius 3 is 2.45 bits per heavy atom. The van der Waals surface area contributed by atoms with Crippen molar-refractivity contribution in [2.45, 2.75) is 6.92 Å². The van der Waals surface area contributed by atoms with Crippen LogP contribution in [0.4, 0.5) is 5.69 Å².